The van der Waals surface area contributed by atoms with Crippen molar-refractivity contribution in [3.05, 3.63) is 65.5 Å². The van der Waals surface area contributed by atoms with Gasteiger partial charge in [0.1, 0.15) is 5.82 Å². The van der Waals surface area contributed by atoms with E-state index in [1.165, 1.54) is 6.07 Å². The van der Waals surface area contributed by atoms with Crippen molar-refractivity contribution in [3.63, 3.8) is 0 Å². The number of aromatic nitrogens is 1. The zero-order valence-corrected chi connectivity index (χ0v) is 11.4. The van der Waals surface area contributed by atoms with Gasteiger partial charge in [-0.25, -0.2) is 4.39 Å². The van der Waals surface area contributed by atoms with E-state index in [0.717, 1.165) is 10.9 Å². The van der Waals surface area contributed by atoms with Crippen LogP contribution in [0.1, 0.15) is 11.1 Å². The maximum absolute atomic E-state index is 13.5. The standard InChI is InChI=1S/C17H15FN2O/c18-15-7-3-1-5-12(15)9-10-19-11-14-13-6-2-4-8-16(13)20-17(14)21/h1-8,11,20-21H,9-10H2. The fourth-order valence-corrected chi connectivity index (χ4v) is 2.32. The fraction of sp³-hybridized carbons (Fsp3) is 0.118. The molecule has 0 unspecified atom stereocenters. The van der Waals surface area contributed by atoms with Crippen molar-refractivity contribution in [1.29, 1.82) is 0 Å². The number of aliphatic imine (C=N–C) groups is 1. The summed E-state index contributed by atoms with van der Waals surface area (Å²) in [7, 11) is 0. The number of nitrogens with zero attached hydrogens (tertiary/aromatic N) is 1. The highest BCUT2D eigenvalue weighted by molar-refractivity contribution is 6.01. The molecule has 0 saturated carbocycles. The van der Waals surface area contributed by atoms with Gasteiger partial charge in [-0.05, 0) is 24.1 Å². The lowest BCUT2D eigenvalue weighted by Crippen LogP contribution is -1.94. The Hall–Kier alpha value is -2.62. The van der Waals surface area contributed by atoms with Gasteiger partial charge >= 0.3 is 0 Å². The van der Waals surface area contributed by atoms with Crippen LogP contribution in [0.4, 0.5) is 4.39 Å². The zero-order valence-electron chi connectivity index (χ0n) is 11.4. The van der Waals surface area contributed by atoms with Crippen LogP contribution in [0.25, 0.3) is 10.9 Å². The third-order valence-electron chi connectivity index (χ3n) is 3.41. The molecule has 0 radical (unpaired) electrons. The molecule has 4 heteroatoms. The molecule has 2 N–H and O–H groups in total. The smallest absolute Gasteiger partial charge is 0.198 e. The van der Waals surface area contributed by atoms with Gasteiger partial charge in [-0.2, -0.15) is 0 Å². The molecule has 0 aliphatic rings. The molecule has 0 aliphatic heterocycles. The molecule has 0 amide bonds. The highest BCUT2D eigenvalue weighted by Crippen LogP contribution is 2.25. The van der Waals surface area contributed by atoms with Crippen molar-refractivity contribution in [2.45, 2.75) is 6.42 Å². The van der Waals surface area contributed by atoms with Crippen molar-refractivity contribution in [1.82, 2.24) is 4.98 Å². The molecule has 106 valence electrons. The molecular formula is C17H15FN2O. The Morgan fingerprint density at radius 1 is 1.10 bits per heavy atom. The van der Waals surface area contributed by atoms with Crippen molar-refractivity contribution in [2.24, 2.45) is 4.99 Å². The second-order valence-electron chi connectivity index (χ2n) is 4.81. The topological polar surface area (TPSA) is 48.4 Å². The SMILES string of the molecule is Oc1[nH]c2ccccc2c1C=NCCc1ccccc1F. The van der Waals surface area contributed by atoms with E-state index in [1.807, 2.05) is 30.3 Å². The fourth-order valence-electron chi connectivity index (χ4n) is 2.32. The van der Waals surface area contributed by atoms with E-state index in [1.54, 1.807) is 18.3 Å². The van der Waals surface area contributed by atoms with E-state index in [2.05, 4.69) is 9.98 Å². The van der Waals surface area contributed by atoms with Gasteiger partial charge in [0.05, 0.1) is 5.56 Å². The predicted molar refractivity (Wildman–Crippen MR) is 82.5 cm³/mol. The van der Waals surface area contributed by atoms with Crippen LogP contribution in [0, 0.1) is 5.82 Å². The number of H-pyrrole nitrogens is 1. The summed E-state index contributed by atoms with van der Waals surface area (Å²) in [5.41, 5.74) is 2.18. The average molecular weight is 282 g/mol. The summed E-state index contributed by atoms with van der Waals surface area (Å²) in [5, 5.41) is 10.8. The number of rotatable bonds is 4. The summed E-state index contributed by atoms with van der Waals surface area (Å²) in [6.07, 6.45) is 2.17. The Balaban J connectivity index is 1.74. The molecule has 1 aromatic heterocycles. The Kier molecular flexibility index (Phi) is 3.69. The second-order valence-corrected chi connectivity index (χ2v) is 4.81. The van der Waals surface area contributed by atoms with Gasteiger partial charge in [0.25, 0.3) is 0 Å². The highest BCUT2D eigenvalue weighted by Gasteiger charge is 2.07. The lowest BCUT2D eigenvalue weighted by molar-refractivity contribution is 0.457. The van der Waals surface area contributed by atoms with E-state index in [0.29, 0.717) is 24.1 Å². The first-order valence-electron chi connectivity index (χ1n) is 6.78. The van der Waals surface area contributed by atoms with Gasteiger partial charge < -0.3 is 10.1 Å². The van der Waals surface area contributed by atoms with E-state index < -0.39 is 0 Å². The van der Waals surface area contributed by atoms with Crippen molar-refractivity contribution in [3.8, 4) is 5.88 Å². The first-order valence-corrected chi connectivity index (χ1v) is 6.78. The monoisotopic (exact) mass is 282 g/mol. The Labute approximate surface area is 121 Å². The Morgan fingerprint density at radius 3 is 2.71 bits per heavy atom. The van der Waals surface area contributed by atoms with E-state index in [9.17, 15) is 9.50 Å². The molecule has 0 fully saturated rings. The normalized spacial score (nSPS) is 11.5. The first-order chi connectivity index (χ1) is 10.3. The van der Waals surface area contributed by atoms with Crippen molar-refractivity contribution in [2.75, 3.05) is 6.54 Å². The number of halogens is 1. The van der Waals surface area contributed by atoms with Gasteiger partial charge in [0.2, 0.25) is 0 Å². The summed E-state index contributed by atoms with van der Waals surface area (Å²) in [6, 6.07) is 14.3. The molecule has 0 spiro atoms. The van der Waals surface area contributed by atoms with E-state index >= 15 is 0 Å². The van der Waals surface area contributed by atoms with Gasteiger partial charge in [-0.15, -0.1) is 0 Å². The van der Waals surface area contributed by atoms with Crippen molar-refractivity contribution >= 4 is 17.1 Å². The Morgan fingerprint density at radius 2 is 1.86 bits per heavy atom. The molecule has 3 nitrogen and oxygen atoms in total. The summed E-state index contributed by atoms with van der Waals surface area (Å²) in [6.45, 7) is 0.472. The minimum Gasteiger partial charge on any atom is -0.494 e. The largest absolute Gasteiger partial charge is 0.494 e. The van der Waals surface area contributed by atoms with E-state index in [-0.39, 0.29) is 11.7 Å². The van der Waals surface area contributed by atoms with Crippen LogP contribution >= 0.6 is 0 Å². The summed E-state index contributed by atoms with van der Waals surface area (Å²) in [4.78, 5) is 7.19. The van der Waals surface area contributed by atoms with Crippen LogP contribution in [0.3, 0.4) is 0 Å². The molecule has 0 bridgehead atoms. The molecule has 21 heavy (non-hydrogen) atoms. The molecule has 3 aromatic rings. The Bertz CT molecular complexity index is 792. The molecule has 0 saturated heterocycles. The van der Waals surface area contributed by atoms with Crippen LogP contribution in [0.15, 0.2) is 53.5 Å². The zero-order chi connectivity index (χ0) is 14.7. The molecule has 2 aromatic carbocycles. The van der Waals surface area contributed by atoms with Gasteiger partial charge in [-0.1, -0.05) is 36.4 Å². The lowest BCUT2D eigenvalue weighted by atomic mass is 10.1. The van der Waals surface area contributed by atoms with Crippen molar-refractivity contribution < 1.29 is 9.50 Å². The van der Waals surface area contributed by atoms with Crippen LogP contribution < -0.4 is 0 Å². The number of hydrogen-bond donors (Lipinski definition) is 2. The second kappa shape index (κ2) is 5.79. The average Bonchev–Trinajstić information content (AvgIpc) is 2.81. The maximum atomic E-state index is 13.5. The quantitative estimate of drug-likeness (QED) is 0.705. The predicted octanol–water partition coefficient (Wildman–Crippen LogP) is 3.67. The number of hydrogen-bond acceptors (Lipinski definition) is 2. The summed E-state index contributed by atoms with van der Waals surface area (Å²) >= 11 is 0. The van der Waals surface area contributed by atoms with Gasteiger partial charge in [0.15, 0.2) is 5.88 Å². The molecule has 3 rings (SSSR count). The molecule has 1 heterocycles. The number of fused-ring (bicyclic) bond motifs is 1. The summed E-state index contributed by atoms with van der Waals surface area (Å²) < 4.78 is 13.5. The minimum atomic E-state index is -0.206. The number of nitrogens with one attached hydrogen (secondary N) is 1. The van der Waals surface area contributed by atoms with Gasteiger partial charge in [-0.3, -0.25) is 4.99 Å². The minimum absolute atomic E-state index is 0.103. The number of para-hydroxylation sites is 1. The number of aromatic hydroxyl groups is 1. The third-order valence-corrected chi connectivity index (χ3v) is 3.41. The van der Waals surface area contributed by atoms with E-state index in [4.69, 9.17) is 0 Å². The molecular weight excluding hydrogens is 267 g/mol. The third kappa shape index (κ3) is 2.79. The number of benzene rings is 2. The number of aromatic amines is 1. The highest BCUT2D eigenvalue weighted by atomic mass is 19.1. The molecule has 0 aliphatic carbocycles. The maximum Gasteiger partial charge on any atom is 0.198 e. The van der Waals surface area contributed by atoms with Gasteiger partial charge in [0, 0.05) is 23.7 Å². The first kappa shape index (κ1) is 13.4. The van der Waals surface area contributed by atoms with Crippen LogP contribution in [0.2, 0.25) is 0 Å². The summed E-state index contributed by atoms with van der Waals surface area (Å²) in [5.74, 6) is -0.103. The lowest BCUT2D eigenvalue weighted by Gasteiger charge is -1.99. The van der Waals surface area contributed by atoms with Crippen LogP contribution in [-0.2, 0) is 6.42 Å². The van der Waals surface area contributed by atoms with Crippen LogP contribution in [-0.4, -0.2) is 22.8 Å². The molecule has 0 atom stereocenters. The van der Waals surface area contributed by atoms with Crippen LogP contribution in [0.5, 0.6) is 5.88 Å².